The van der Waals surface area contributed by atoms with Crippen molar-refractivity contribution in [1.29, 1.82) is 0 Å². The van der Waals surface area contributed by atoms with Crippen molar-refractivity contribution < 1.29 is 29.2 Å². The van der Waals surface area contributed by atoms with Crippen LogP contribution in [0.5, 0.6) is 34.5 Å². The van der Waals surface area contributed by atoms with E-state index in [0.717, 1.165) is 17.6 Å². The first-order valence-corrected chi connectivity index (χ1v) is 12.2. The summed E-state index contributed by atoms with van der Waals surface area (Å²) in [6, 6.07) is 5.18. The molecule has 9 nitrogen and oxygen atoms in total. The fourth-order valence-corrected chi connectivity index (χ4v) is 5.48. The predicted molar refractivity (Wildman–Crippen MR) is 134 cm³/mol. The summed E-state index contributed by atoms with van der Waals surface area (Å²) in [7, 11) is 7.77. The van der Waals surface area contributed by atoms with Gasteiger partial charge in [-0.3, -0.25) is 4.99 Å². The first-order valence-electron chi connectivity index (χ1n) is 11.4. The second-order valence-corrected chi connectivity index (χ2v) is 9.31. The van der Waals surface area contributed by atoms with Crippen LogP contribution in [0.15, 0.2) is 23.2 Å². The first-order chi connectivity index (χ1) is 16.9. The lowest BCUT2D eigenvalue weighted by Crippen LogP contribution is -2.18. The van der Waals surface area contributed by atoms with Crippen LogP contribution < -0.4 is 23.7 Å². The molecule has 1 heterocycles. The molecule has 0 saturated heterocycles. The van der Waals surface area contributed by atoms with Gasteiger partial charge in [0.25, 0.3) is 0 Å². The van der Waals surface area contributed by atoms with Gasteiger partial charge in [0.2, 0.25) is 16.3 Å². The van der Waals surface area contributed by atoms with Crippen molar-refractivity contribution in [1.82, 2.24) is 9.78 Å². The van der Waals surface area contributed by atoms with Crippen LogP contribution >= 0.6 is 11.3 Å². The zero-order valence-electron chi connectivity index (χ0n) is 20.6. The van der Waals surface area contributed by atoms with Gasteiger partial charge in [-0.25, -0.2) is 4.68 Å². The average molecular weight is 502 g/mol. The van der Waals surface area contributed by atoms with Gasteiger partial charge in [-0.1, -0.05) is 30.6 Å². The number of aromatic nitrogens is 2. The van der Waals surface area contributed by atoms with Crippen LogP contribution in [0.25, 0.3) is 21.7 Å². The number of methoxy groups -OCH3 is 4. The summed E-state index contributed by atoms with van der Waals surface area (Å²) in [5, 5.41) is 26.8. The Balaban J connectivity index is 1.96. The lowest BCUT2D eigenvalue weighted by atomic mass is 9.96. The topological polar surface area (TPSA) is 108 Å². The Bertz CT molecular complexity index is 1280. The smallest absolute Gasteiger partial charge is 0.203 e. The number of benzene rings is 2. The highest BCUT2D eigenvalue weighted by Gasteiger charge is 2.26. The molecule has 2 aromatic carbocycles. The molecule has 0 spiro atoms. The molecule has 0 bridgehead atoms. The van der Waals surface area contributed by atoms with E-state index in [4.69, 9.17) is 29.0 Å². The summed E-state index contributed by atoms with van der Waals surface area (Å²) >= 11 is 1.44. The molecule has 1 saturated carbocycles. The van der Waals surface area contributed by atoms with Gasteiger partial charge < -0.3 is 29.2 Å². The first kappa shape index (κ1) is 24.7. The molecular weight excluding hydrogens is 470 g/mol. The molecule has 0 atom stereocenters. The van der Waals surface area contributed by atoms with Gasteiger partial charge in [0.1, 0.15) is 5.01 Å². The number of hydrogen-bond acceptors (Lipinski definition) is 9. The van der Waals surface area contributed by atoms with Crippen LogP contribution in [-0.4, -0.2) is 54.5 Å². The van der Waals surface area contributed by atoms with Crippen molar-refractivity contribution in [2.75, 3.05) is 28.4 Å². The third-order valence-electron chi connectivity index (χ3n) is 6.18. The molecule has 35 heavy (non-hydrogen) atoms. The van der Waals surface area contributed by atoms with E-state index in [-0.39, 0.29) is 23.0 Å². The Kier molecular flexibility index (Phi) is 7.39. The number of hydrogen-bond donors (Lipinski definition) is 2. The summed E-state index contributed by atoms with van der Waals surface area (Å²) < 4.78 is 23.6. The Morgan fingerprint density at radius 3 is 2.17 bits per heavy atom. The summed E-state index contributed by atoms with van der Waals surface area (Å²) in [5.74, 6) is 0.860. The molecule has 2 N–H and O–H groups in total. The minimum Gasteiger partial charge on any atom is -0.504 e. The van der Waals surface area contributed by atoms with Gasteiger partial charge in [-0.15, -0.1) is 0 Å². The zero-order valence-corrected chi connectivity index (χ0v) is 21.4. The molecule has 0 aliphatic heterocycles. The molecule has 1 aromatic heterocycles. The molecule has 188 valence electrons. The number of phenols is 2. The standard InChI is InChI=1S/C25H31N3O6S/c1-28-25(26-15-9-7-6-8-10-15)35-24(27-28)16-13-18(30)22(33-4)23(34-5)20(16)14-11-17(29)21(32-3)19(12-14)31-2/h11-13,15,29-30H,6-10H2,1-5H3. The minimum atomic E-state index is -0.0976. The third-order valence-corrected chi connectivity index (χ3v) is 7.22. The Hall–Kier alpha value is -3.40. The van der Waals surface area contributed by atoms with Crippen LogP contribution in [0.4, 0.5) is 0 Å². The van der Waals surface area contributed by atoms with Crippen LogP contribution in [0.2, 0.25) is 0 Å². The summed E-state index contributed by atoms with van der Waals surface area (Å²) in [6.45, 7) is 0. The number of aryl methyl sites for hydroxylation is 1. The number of ether oxygens (including phenoxy) is 4. The van der Waals surface area contributed by atoms with Crippen LogP contribution in [-0.2, 0) is 7.05 Å². The second-order valence-electron chi connectivity index (χ2n) is 8.35. The molecule has 1 aliphatic carbocycles. The van der Waals surface area contributed by atoms with E-state index in [0.29, 0.717) is 39.2 Å². The molecule has 1 fully saturated rings. The van der Waals surface area contributed by atoms with Crippen molar-refractivity contribution in [3.63, 3.8) is 0 Å². The average Bonchev–Trinajstić information content (AvgIpc) is 3.22. The van der Waals surface area contributed by atoms with Gasteiger partial charge in [0.05, 0.1) is 34.5 Å². The highest BCUT2D eigenvalue weighted by Crippen LogP contribution is 2.52. The number of nitrogens with zero attached hydrogens (tertiary/aromatic N) is 3. The van der Waals surface area contributed by atoms with E-state index < -0.39 is 0 Å². The molecular formula is C25H31N3O6S. The maximum Gasteiger partial charge on any atom is 0.203 e. The maximum absolute atomic E-state index is 10.8. The number of phenolic OH excluding ortho intramolecular Hbond substituents is 2. The highest BCUT2D eigenvalue weighted by atomic mass is 32.1. The highest BCUT2D eigenvalue weighted by molar-refractivity contribution is 7.12. The molecule has 0 amide bonds. The van der Waals surface area contributed by atoms with Crippen molar-refractivity contribution in [2.45, 2.75) is 38.1 Å². The Morgan fingerprint density at radius 1 is 0.886 bits per heavy atom. The summed E-state index contributed by atoms with van der Waals surface area (Å²) in [4.78, 5) is 5.76. The monoisotopic (exact) mass is 501 g/mol. The van der Waals surface area contributed by atoms with Gasteiger partial charge in [0.15, 0.2) is 23.0 Å². The van der Waals surface area contributed by atoms with Crippen molar-refractivity contribution in [2.24, 2.45) is 12.0 Å². The number of aromatic hydroxyl groups is 2. The number of rotatable bonds is 7. The van der Waals surface area contributed by atoms with Gasteiger partial charge in [-0.05, 0) is 36.6 Å². The van der Waals surface area contributed by atoms with E-state index in [1.165, 1.54) is 59.0 Å². The molecule has 10 heteroatoms. The van der Waals surface area contributed by atoms with Gasteiger partial charge in [-0.2, -0.15) is 5.10 Å². The maximum atomic E-state index is 10.8. The lowest BCUT2D eigenvalue weighted by molar-refractivity contribution is 0.332. The van der Waals surface area contributed by atoms with E-state index in [1.54, 1.807) is 22.9 Å². The van der Waals surface area contributed by atoms with Gasteiger partial charge >= 0.3 is 0 Å². The van der Waals surface area contributed by atoms with Crippen LogP contribution in [0, 0.1) is 0 Å². The minimum absolute atomic E-state index is 0.0866. The second kappa shape index (κ2) is 10.5. The molecule has 0 radical (unpaired) electrons. The predicted octanol–water partition coefficient (Wildman–Crippen LogP) is 4.49. The van der Waals surface area contributed by atoms with Crippen LogP contribution in [0.3, 0.4) is 0 Å². The lowest BCUT2D eigenvalue weighted by Gasteiger charge is -2.19. The molecule has 1 aliphatic rings. The van der Waals surface area contributed by atoms with Crippen molar-refractivity contribution in [3.05, 3.63) is 23.0 Å². The van der Waals surface area contributed by atoms with Crippen molar-refractivity contribution in [3.8, 4) is 56.2 Å². The van der Waals surface area contributed by atoms with E-state index in [2.05, 4.69) is 0 Å². The Morgan fingerprint density at radius 2 is 1.54 bits per heavy atom. The molecule has 0 unspecified atom stereocenters. The summed E-state index contributed by atoms with van der Waals surface area (Å²) in [6.07, 6.45) is 5.82. The third kappa shape index (κ3) is 4.75. The normalized spacial score (nSPS) is 14.7. The fraction of sp³-hybridized carbons (Fsp3) is 0.440. The van der Waals surface area contributed by atoms with Crippen LogP contribution in [0.1, 0.15) is 32.1 Å². The molecule has 4 rings (SSSR count). The zero-order chi connectivity index (χ0) is 25.1. The largest absolute Gasteiger partial charge is 0.504 e. The van der Waals surface area contributed by atoms with E-state index >= 15 is 0 Å². The van der Waals surface area contributed by atoms with Gasteiger partial charge in [0, 0.05) is 18.2 Å². The van der Waals surface area contributed by atoms with E-state index in [1.807, 2.05) is 7.05 Å². The SMILES string of the molecule is COc1cc(-c2c(-c3nn(C)c(=NC4CCCCC4)s3)cc(O)c(OC)c2OC)cc(O)c1OC. The summed E-state index contributed by atoms with van der Waals surface area (Å²) in [5.41, 5.74) is 1.77. The van der Waals surface area contributed by atoms with E-state index in [9.17, 15) is 10.2 Å². The fourth-order valence-electron chi connectivity index (χ4n) is 4.50. The Labute approximate surface area is 208 Å². The quantitative estimate of drug-likeness (QED) is 0.491. The molecule has 3 aromatic rings. The van der Waals surface area contributed by atoms with Crippen molar-refractivity contribution >= 4 is 11.3 Å².